The lowest BCUT2D eigenvalue weighted by molar-refractivity contribution is -0.166. The van der Waals surface area contributed by atoms with E-state index in [1.807, 2.05) is 13.8 Å². The predicted molar refractivity (Wildman–Crippen MR) is 113 cm³/mol. The molecule has 0 unspecified atom stereocenters. The van der Waals surface area contributed by atoms with Crippen LogP contribution in [0.15, 0.2) is 18.2 Å². The molecule has 0 bridgehead atoms. The molecule has 1 atom stereocenters. The number of esters is 2. The lowest BCUT2D eigenvalue weighted by Gasteiger charge is -2.31. The summed E-state index contributed by atoms with van der Waals surface area (Å²) in [7, 11) is 1.06. The first-order valence-corrected chi connectivity index (χ1v) is 10.4. The van der Waals surface area contributed by atoms with Crippen LogP contribution in [-0.2, 0) is 30.3 Å². The first-order valence-electron chi connectivity index (χ1n) is 10.4. The molecule has 0 saturated heterocycles. The van der Waals surface area contributed by atoms with Crippen molar-refractivity contribution in [1.82, 2.24) is 5.32 Å². The highest BCUT2D eigenvalue weighted by molar-refractivity contribution is 5.81. The maximum atomic E-state index is 12.1. The third-order valence-corrected chi connectivity index (χ3v) is 4.11. The van der Waals surface area contributed by atoms with E-state index in [1.165, 1.54) is 18.2 Å². The van der Waals surface area contributed by atoms with Crippen molar-refractivity contribution in [2.45, 2.75) is 71.6 Å². The fourth-order valence-electron chi connectivity index (χ4n) is 2.82. The van der Waals surface area contributed by atoms with Crippen LogP contribution in [0.1, 0.15) is 58.9 Å². The standard InChI is InChI=1S/C22H31NO9/c1-6-8-18(24)30-16-11-10-15(12-17(16)31-19(25)9-7-2)13-22(20(26)27,23-14(3)4)32-21(28)29-5/h10-12,14,23H,6-9,13H2,1-5H3,(H,26,27)/t22-/m0/s1. The molecule has 0 spiro atoms. The van der Waals surface area contributed by atoms with E-state index in [0.717, 1.165) is 7.11 Å². The highest BCUT2D eigenvalue weighted by atomic mass is 16.7. The number of benzene rings is 1. The minimum absolute atomic E-state index is 0.0308. The Morgan fingerprint density at radius 3 is 2.03 bits per heavy atom. The van der Waals surface area contributed by atoms with Gasteiger partial charge in [0.15, 0.2) is 11.5 Å². The summed E-state index contributed by atoms with van der Waals surface area (Å²) in [4.78, 5) is 47.8. The summed E-state index contributed by atoms with van der Waals surface area (Å²) in [5, 5.41) is 12.6. The van der Waals surface area contributed by atoms with Crippen LogP contribution in [0.4, 0.5) is 4.79 Å². The van der Waals surface area contributed by atoms with Crippen molar-refractivity contribution in [1.29, 1.82) is 0 Å². The monoisotopic (exact) mass is 453 g/mol. The minimum atomic E-state index is -2.15. The van der Waals surface area contributed by atoms with Gasteiger partial charge in [0.2, 0.25) is 0 Å². The number of ether oxygens (including phenoxy) is 4. The zero-order valence-corrected chi connectivity index (χ0v) is 19.1. The summed E-state index contributed by atoms with van der Waals surface area (Å²) in [5.41, 5.74) is -1.80. The molecule has 0 fully saturated rings. The van der Waals surface area contributed by atoms with E-state index in [9.17, 15) is 24.3 Å². The van der Waals surface area contributed by atoms with Crippen LogP contribution in [-0.4, -0.2) is 48.0 Å². The second-order valence-corrected chi connectivity index (χ2v) is 7.39. The van der Waals surface area contributed by atoms with Gasteiger partial charge in [-0.05, 0) is 44.4 Å². The van der Waals surface area contributed by atoms with Crippen LogP contribution in [0.3, 0.4) is 0 Å². The minimum Gasteiger partial charge on any atom is -0.477 e. The molecule has 0 aromatic heterocycles. The second kappa shape index (κ2) is 12.7. The number of carboxylic acid groups (broad SMARTS) is 1. The first kappa shape index (κ1) is 26.9. The molecule has 10 nitrogen and oxygen atoms in total. The van der Waals surface area contributed by atoms with Crippen LogP contribution >= 0.6 is 0 Å². The number of rotatable bonds is 12. The fraction of sp³-hybridized carbons (Fsp3) is 0.545. The molecule has 2 N–H and O–H groups in total. The molecule has 0 aliphatic rings. The molecule has 0 radical (unpaired) electrons. The molecule has 0 aliphatic carbocycles. The van der Waals surface area contributed by atoms with Crippen molar-refractivity contribution in [2.24, 2.45) is 0 Å². The van der Waals surface area contributed by atoms with Gasteiger partial charge in [-0.1, -0.05) is 19.9 Å². The number of carbonyl (C=O) groups excluding carboxylic acids is 3. The van der Waals surface area contributed by atoms with Gasteiger partial charge in [-0.15, -0.1) is 0 Å². The molecule has 178 valence electrons. The van der Waals surface area contributed by atoms with Crippen molar-refractivity contribution in [3.8, 4) is 11.5 Å². The zero-order chi connectivity index (χ0) is 24.3. The molecular weight excluding hydrogens is 422 g/mol. The number of carbonyl (C=O) groups is 4. The molecule has 1 aromatic carbocycles. The van der Waals surface area contributed by atoms with Gasteiger partial charge in [-0.25, -0.2) is 9.59 Å². The topological polar surface area (TPSA) is 137 Å². The molecule has 10 heteroatoms. The number of hydrogen-bond acceptors (Lipinski definition) is 9. The summed E-state index contributed by atoms with van der Waals surface area (Å²) in [5.74, 6) is -2.48. The smallest absolute Gasteiger partial charge is 0.477 e. The van der Waals surface area contributed by atoms with Crippen molar-refractivity contribution < 1.29 is 43.2 Å². The normalized spacial score (nSPS) is 12.6. The average Bonchev–Trinajstić information content (AvgIpc) is 2.69. The Labute approximate surface area is 187 Å². The number of methoxy groups -OCH3 is 1. The van der Waals surface area contributed by atoms with Gasteiger partial charge < -0.3 is 24.1 Å². The van der Waals surface area contributed by atoms with Gasteiger partial charge in [-0.2, -0.15) is 0 Å². The Morgan fingerprint density at radius 1 is 1.00 bits per heavy atom. The maximum Gasteiger partial charge on any atom is 0.510 e. The van der Waals surface area contributed by atoms with E-state index in [2.05, 4.69) is 10.1 Å². The number of hydrogen-bond donors (Lipinski definition) is 2. The third kappa shape index (κ3) is 8.18. The molecule has 0 saturated carbocycles. The number of aliphatic carboxylic acids is 1. The first-order chi connectivity index (χ1) is 15.1. The largest absolute Gasteiger partial charge is 0.510 e. The Bertz CT molecular complexity index is 822. The van der Waals surface area contributed by atoms with Crippen LogP contribution in [0.25, 0.3) is 0 Å². The van der Waals surface area contributed by atoms with Gasteiger partial charge in [0.1, 0.15) is 0 Å². The summed E-state index contributed by atoms with van der Waals surface area (Å²) >= 11 is 0. The summed E-state index contributed by atoms with van der Waals surface area (Å²) < 4.78 is 20.2. The van der Waals surface area contributed by atoms with E-state index in [-0.39, 0.29) is 36.8 Å². The molecule has 0 heterocycles. The van der Waals surface area contributed by atoms with Crippen LogP contribution in [0.2, 0.25) is 0 Å². The van der Waals surface area contributed by atoms with Gasteiger partial charge in [-0.3, -0.25) is 14.9 Å². The van der Waals surface area contributed by atoms with Crippen molar-refractivity contribution in [3.05, 3.63) is 23.8 Å². The molecular formula is C22H31NO9. The van der Waals surface area contributed by atoms with Crippen molar-refractivity contribution in [3.63, 3.8) is 0 Å². The van der Waals surface area contributed by atoms with E-state index in [1.54, 1.807) is 13.8 Å². The Kier molecular flexibility index (Phi) is 10.6. The van der Waals surface area contributed by atoms with Gasteiger partial charge >= 0.3 is 24.1 Å². The Hall–Kier alpha value is -3.14. The lowest BCUT2D eigenvalue weighted by Crippen LogP contribution is -2.59. The van der Waals surface area contributed by atoms with Crippen LogP contribution in [0, 0.1) is 0 Å². The van der Waals surface area contributed by atoms with E-state index >= 15 is 0 Å². The highest BCUT2D eigenvalue weighted by Crippen LogP contribution is 2.31. The Morgan fingerprint density at radius 2 is 1.56 bits per heavy atom. The number of nitrogens with one attached hydrogen (secondary N) is 1. The fourth-order valence-corrected chi connectivity index (χ4v) is 2.82. The number of carboxylic acids is 1. The van der Waals surface area contributed by atoms with E-state index < -0.39 is 29.8 Å². The van der Waals surface area contributed by atoms with Crippen LogP contribution < -0.4 is 14.8 Å². The maximum absolute atomic E-state index is 12.1. The SMILES string of the molecule is CCCC(=O)Oc1ccc(C[C@](NC(C)C)(OC(=O)OC)C(=O)O)cc1OC(=O)CCC. The van der Waals surface area contributed by atoms with Gasteiger partial charge in [0.05, 0.1) is 7.11 Å². The van der Waals surface area contributed by atoms with E-state index in [0.29, 0.717) is 18.4 Å². The van der Waals surface area contributed by atoms with Gasteiger partial charge in [0.25, 0.3) is 5.72 Å². The van der Waals surface area contributed by atoms with Crippen molar-refractivity contribution in [2.75, 3.05) is 7.11 Å². The molecule has 32 heavy (non-hydrogen) atoms. The quantitative estimate of drug-likeness (QED) is 0.276. The predicted octanol–water partition coefficient (Wildman–Crippen LogP) is 3.20. The highest BCUT2D eigenvalue weighted by Gasteiger charge is 2.44. The van der Waals surface area contributed by atoms with E-state index in [4.69, 9.17) is 14.2 Å². The summed E-state index contributed by atoms with van der Waals surface area (Å²) in [6, 6.07) is 3.90. The third-order valence-electron chi connectivity index (χ3n) is 4.11. The van der Waals surface area contributed by atoms with Gasteiger partial charge in [0, 0.05) is 25.3 Å². The summed E-state index contributed by atoms with van der Waals surface area (Å²) in [6.45, 7) is 7.00. The molecule has 0 aliphatic heterocycles. The van der Waals surface area contributed by atoms with Crippen molar-refractivity contribution >= 4 is 24.1 Å². The van der Waals surface area contributed by atoms with Crippen LogP contribution in [0.5, 0.6) is 11.5 Å². The molecule has 1 aromatic rings. The lowest BCUT2D eigenvalue weighted by atomic mass is 10.0. The second-order valence-electron chi connectivity index (χ2n) is 7.39. The Balaban J connectivity index is 3.37. The molecule has 0 amide bonds. The molecule has 1 rings (SSSR count). The summed E-state index contributed by atoms with van der Waals surface area (Å²) in [6.07, 6.45) is -0.0491. The average molecular weight is 453 g/mol. The zero-order valence-electron chi connectivity index (χ0n) is 19.1.